The molecular weight excluding hydrogens is 451 g/mol. The Labute approximate surface area is 206 Å². The largest absolute Gasteiger partial charge is 0.496 e. The van der Waals surface area contributed by atoms with Gasteiger partial charge in [-0.3, -0.25) is 14.4 Å². The number of nitrogens with one attached hydrogen (secondary N) is 1. The Morgan fingerprint density at radius 1 is 1.03 bits per heavy atom. The van der Waals surface area contributed by atoms with Crippen LogP contribution in [0.25, 0.3) is 11.1 Å². The van der Waals surface area contributed by atoms with Crippen LogP contribution in [0, 0.1) is 5.82 Å². The van der Waals surface area contributed by atoms with E-state index in [1.54, 1.807) is 37.3 Å². The molecule has 0 aliphatic rings. The summed E-state index contributed by atoms with van der Waals surface area (Å²) in [4.78, 5) is 36.6. The van der Waals surface area contributed by atoms with Crippen molar-refractivity contribution in [2.45, 2.75) is 40.7 Å². The van der Waals surface area contributed by atoms with Crippen LogP contribution in [0.1, 0.15) is 45.0 Å². The molecular formula is C27H33FN2O5. The highest BCUT2D eigenvalue weighted by Crippen LogP contribution is 2.29. The number of esters is 1. The highest BCUT2D eigenvalue weighted by molar-refractivity contribution is 6.06. The van der Waals surface area contributed by atoms with Crippen LogP contribution in [0.4, 0.5) is 10.1 Å². The molecule has 0 unspecified atom stereocenters. The number of anilines is 1. The first-order valence-electron chi connectivity index (χ1n) is 11.5. The van der Waals surface area contributed by atoms with Gasteiger partial charge in [0, 0.05) is 13.7 Å². The smallest absolute Gasteiger partial charge is 0.326 e. The number of halogens is 1. The molecule has 0 atom stereocenters. The number of aryl methyl sites for hydroxylation is 1. The Bertz CT molecular complexity index is 1240. The fourth-order valence-electron chi connectivity index (χ4n) is 3.36. The number of amides is 1. The third-order valence-electron chi connectivity index (χ3n) is 5.05. The van der Waals surface area contributed by atoms with E-state index in [4.69, 9.17) is 9.47 Å². The van der Waals surface area contributed by atoms with Crippen molar-refractivity contribution in [1.82, 2.24) is 4.57 Å². The average Bonchev–Trinajstić information content (AvgIpc) is 2.87. The first-order valence-corrected chi connectivity index (χ1v) is 11.5. The fraction of sp³-hybridized carbons (Fsp3) is 0.296. The molecule has 1 heterocycles. The monoisotopic (exact) mass is 484 g/mol. The lowest BCUT2D eigenvalue weighted by atomic mass is 9.99. The van der Waals surface area contributed by atoms with E-state index < -0.39 is 17.4 Å². The molecule has 0 saturated heterocycles. The number of carbonyl (C=O) groups is 2. The topological polar surface area (TPSA) is 86.6 Å². The molecule has 0 fully saturated rings. The number of rotatable bonds is 8. The molecule has 7 nitrogen and oxygen atoms in total. The quantitative estimate of drug-likeness (QED) is 0.438. The molecule has 0 bridgehead atoms. The fourth-order valence-corrected chi connectivity index (χ4v) is 3.36. The van der Waals surface area contributed by atoms with Gasteiger partial charge in [0.2, 0.25) is 0 Å². The standard InChI is InChI=1S/C25H25FN2O5.C2H6.H2/c1-4-16-12-17(7-10-21(16)26)18-6-9-20(22(13-18)32-3)25(31)27-19-8-11-23(29)28(14-19)15-24(30)33-5-2;1-2;/h6-14H,4-5,15H2,1-3H3,(H,27,31);1-2H3;1H. The van der Waals surface area contributed by atoms with Crippen molar-refractivity contribution in [3.05, 3.63) is 82.0 Å². The summed E-state index contributed by atoms with van der Waals surface area (Å²) in [5.74, 6) is -0.916. The second kappa shape index (κ2) is 13.1. The zero-order valence-electron chi connectivity index (χ0n) is 20.7. The summed E-state index contributed by atoms with van der Waals surface area (Å²) in [6, 6.07) is 12.7. The normalized spacial score (nSPS) is 10.1. The van der Waals surface area contributed by atoms with Crippen molar-refractivity contribution in [1.29, 1.82) is 0 Å². The predicted octanol–water partition coefficient (Wildman–Crippen LogP) is 5.31. The van der Waals surface area contributed by atoms with Crippen molar-refractivity contribution in [2.24, 2.45) is 0 Å². The Hall–Kier alpha value is -3.94. The SMILES string of the molecule is CC.CCOC(=O)Cn1cc(NC(=O)c2ccc(-c3ccc(F)c(CC)c3)cc2OC)ccc1=O.[HH]. The number of hydrogen-bond acceptors (Lipinski definition) is 5. The molecule has 3 aromatic rings. The lowest BCUT2D eigenvalue weighted by Gasteiger charge is -2.13. The van der Waals surface area contributed by atoms with Gasteiger partial charge >= 0.3 is 5.97 Å². The Morgan fingerprint density at radius 2 is 1.71 bits per heavy atom. The zero-order chi connectivity index (χ0) is 26.0. The van der Waals surface area contributed by atoms with E-state index in [9.17, 15) is 18.8 Å². The second-order valence-electron chi connectivity index (χ2n) is 7.22. The van der Waals surface area contributed by atoms with Gasteiger partial charge in [0.1, 0.15) is 18.1 Å². The minimum Gasteiger partial charge on any atom is -0.496 e. The van der Waals surface area contributed by atoms with Gasteiger partial charge in [0.15, 0.2) is 0 Å². The first kappa shape index (κ1) is 27.3. The Kier molecular flexibility index (Phi) is 10.2. The van der Waals surface area contributed by atoms with Crippen LogP contribution in [-0.4, -0.2) is 30.2 Å². The number of ether oxygens (including phenoxy) is 2. The third kappa shape index (κ3) is 7.02. The molecule has 2 aromatic carbocycles. The van der Waals surface area contributed by atoms with Crippen molar-refractivity contribution in [2.75, 3.05) is 19.0 Å². The van der Waals surface area contributed by atoms with Gasteiger partial charge in [0.25, 0.3) is 11.5 Å². The number of hydrogen-bond donors (Lipinski definition) is 1. The number of aromatic nitrogens is 1. The van der Waals surface area contributed by atoms with Gasteiger partial charge in [0.05, 0.1) is 25.0 Å². The van der Waals surface area contributed by atoms with Crippen LogP contribution in [0.5, 0.6) is 5.75 Å². The minimum absolute atomic E-state index is 0. The zero-order valence-corrected chi connectivity index (χ0v) is 20.7. The van der Waals surface area contributed by atoms with Crippen molar-refractivity contribution in [3.8, 4) is 16.9 Å². The molecule has 0 spiro atoms. The third-order valence-corrected chi connectivity index (χ3v) is 5.05. The number of benzene rings is 2. The second-order valence-corrected chi connectivity index (χ2v) is 7.22. The molecule has 0 saturated carbocycles. The maximum Gasteiger partial charge on any atom is 0.326 e. The maximum atomic E-state index is 13.8. The maximum absolute atomic E-state index is 13.8. The molecule has 0 aliphatic carbocycles. The summed E-state index contributed by atoms with van der Waals surface area (Å²) >= 11 is 0. The van der Waals surface area contributed by atoms with E-state index in [1.165, 1.54) is 31.5 Å². The summed E-state index contributed by atoms with van der Waals surface area (Å²) in [5.41, 5.74) is 2.41. The minimum atomic E-state index is -0.549. The lowest BCUT2D eigenvalue weighted by molar-refractivity contribution is -0.143. The van der Waals surface area contributed by atoms with Crippen LogP contribution in [0.2, 0.25) is 0 Å². The van der Waals surface area contributed by atoms with E-state index in [2.05, 4.69) is 5.32 Å². The van der Waals surface area contributed by atoms with Crippen molar-refractivity contribution < 1.29 is 24.9 Å². The molecule has 1 amide bonds. The van der Waals surface area contributed by atoms with Gasteiger partial charge < -0.3 is 19.4 Å². The predicted molar refractivity (Wildman–Crippen MR) is 137 cm³/mol. The summed E-state index contributed by atoms with van der Waals surface area (Å²) < 4.78 is 25.3. The number of carbonyl (C=O) groups excluding carboxylic acids is 2. The molecule has 188 valence electrons. The molecule has 3 rings (SSSR count). The van der Waals surface area contributed by atoms with E-state index in [-0.39, 0.29) is 26.0 Å². The Morgan fingerprint density at radius 3 is 2.37 bits per heavy atom. The molecule has 35 heavy (non-hydrogen) atoms. The summed E-state index contributed by atoms with van der Waals surface area (Å²) in [5, 5.41) is 2.71. The summed E-state index contributed by atoms with van der Waals surface area (Å²) in [7, 11) is 1.46. The van der Waals surface area contributed by atoms with Crippen LogP contribution in [0.3, 0.4) is 0 Å². The summed E-state index contributed by atoms with van der Waals surface area (Å²) in [6.07, 6.45) is 1.94. The average molecular weight is 485 g/mol. The van der Waals surface area contributed by atoms with Crippen molar-refractivity contribution >= 4 is 17.6 Å². The molecule has 0 radical (unpaired) electrons. The van der Waals surface area contributed by atoms with Gasteiger partial charge in [-0.2, -0.15) is 0 Å². The first-order chi connectivity index (χ1) is 16.9. The van der Waals surface area contributed by atoms with E-state index in [0.717, 1.165) is 15.7 Å². The van der Waals surface area contributed by atoms with E-state index in [1.807, 2.05) is 20.8 Å². The Balaban J connectivity index is 0.00000211. The van der Waals surface area contributed by atoms with Crippen LogP contribution in [0.15, 0.2) is 59.5 Å². The molecule has 1 aromatic heterocycles. The van der Waals surface area contributed by atoms with Crippen molar-refractivity contribution in [3.63, 3.8) is 0 Å². The van der Waals surface area contributed by atoms with Gasteiger partial charge in [-0.25, -0.2) is 4.39 Å². The van der Waals surface area contributed by atoms with Crippen LogP contribution in [-0.2, 0) is 22.5 Å². The van der Waals surface area contributed by atoms with Crippen LogP contribution < -0.4 is 15.6 Å². The van der Waals surface area contributed by atoms with Gasteiger partial charge in [-0.05, 0) is 60.4 Å². The van der Waals surface area contributed by atoms with Crippen LogP contribution >= 0.6 is 0 Å². The highest BCUT2D eigenvalue weighted by atomic mass is 19.1. The number of methoxy groups -OCH3 is 1. The molecule has 1 N–H and O–H groups in total. The number of pyridine rings is 1. The number of nitrogens with zero attached hydrogens (tertiary/aromatic N) is 1. The van der Waals surface area contributed by atoms with Gasteiger partial charge in [-0.1, -0.05) is 32.9 Å². The van der Waals surface area contributed by atoms with Gasteiger partial charge in [-0.15, -0.1) is 0 Å². The molecule has 0 aliphatic heterocycles. The molecule has 8 heteroatoms. The lowest BCUT2D eigenvalue weighted by Crippen LogP contribution is -2.25. The highest BCUT2D eigenvalue weighted by Gasteiger charge is 2.15. The van der Waals surface area contributed by atoms with E-state index >= 15 is 0 Å². The van der Waals surface area contributed by atoms with E-state index in [0.29, 0.717) is 23.4 Å². The summed E-state index contributed by atoms with van der Waals surface area (Å²) in [6.45, 7) is 7.50.